The van der Waals surface area contributed by atoms with Crippen molar-refractivity contribution in [3.8, 4) is 0 Å². The number of nitrogens with zero attached hydrogens (tertiary/aromatic N) is 1. The summed E-state index contributed by atoms with van der Waals surface area (Å²) in [6.07, 6.45) is 2.24. The first-order valence-electron chi connectivity index (χ1n) is 7.83. The van der Waals surface area contributed by atoms with Gasteiger partial charge in [-0.3, -0.25) is 4.90 Å². The predicted molar refractivity (Wildman–Crippen MR) is 81.2 cm³/mol. The van der Waals surface area contributed by atoms with Gasteiger partial charge in [0.1, 0.15) is 0 Å². The molecule has 0 radical (unpaired) electrons. The molecule has 2 atom stereocenters. The molecule has 1 saturated heterocycles. The van der Waals surface area contributed by atoms with Gasteiger partial charge in [0.25, 0.3) is 0 Å². The summed E-state index contributed by atoms with van der Waals surface area (Å²) in [4.78, 5) is 2.48. The molecular formula is C15H32N2O3. The Bertz CT molecular complexity index is 223. The molecule has 1 aliphatic heterocycles. The SMILES string of the molecule is CCNC(CN(CCCOC)CCOC)C1CCOC1. The normalized spacial score (nSPS) is 20.7. The fourth-order valence-electron chi connectivity index (χ4n) is 2.74. The van der Waals surface area contributed by atoms with Gasteiger partial charge in [-0.25, -0.2) is 0 Å². The van der Waals surface area contributed by atoms with Crippen LogP contribution in [-0.2, 0) is 14.2 Å². The molecule has 1 aliphatic rings. The van der Waals surface area contributed by atoms with E-state index in [4.69, 9.17) is 14.2 Å². The second-order valence-electron chi connectivity index (χ2n) is 5.43. The van der Waals surface area contributed by atoms with Crippen LogP contribution in [0.3, 0.4) is 0 Å². The molecule has 120 valence electrons. The Morgan fingerprint density at radius 1 is 1.25 bits per heavy atom. The molecule has 2 unspecified atom stereocenters. The zero-order valence-corrected chi connectivity index (χ0v) is 13.4. The minimum Gasteiger partial charge on any atom is -0.385 e. The maximum atomic E-state index is 5.54. The lowest BCUT2D eigenvalue weighted by molar-refractivity contribution is 0.115. The highest BCUT2D eigenvalue weighted by Gasteiger charge is 2.26. The molecule has 0 spiro atoms. The molecule has 0 aliphatic carbocycles. The molecule has 0 aromatic carbocycles. The van der Waals surface area contributed by atoms with Crippen molar-refractivity contribution in [2.75, 3.05) is 66.8 Å². The Balaban J connectivity index is 2.43. The third-order valence-corrected chi connectivity index (χ3v) is 3.89. The van der Waals surface area contributed by atoms with Crippen LogP contribution in [-0.4, -0.2) is 77.8 Å². The smallest absolute Gasteiger partial charge is 0.0589 e. The van der Waals surface area contributed by atoms with E-state index >= 15 is 0 Å². The minimum atomic E-state index is 0.516. The van der Waals surface area contributed by atoms with Crippen LogP contribution in [0.4, 0.5) is 0 Å². The van der Waals surface area contributed by atoms with Crippen LogP contribution in [0.25, 0.3) is 0 Å². The molecule has 1 rings (SSSR count). The fraction of sp³-hybridized carbons (Fsp3) is 1.00. The number of ether oxygens (including phenoxy) is 3. The van der Waals surface area contributed by atoms with Gasteiger partial charge in [0, 0.05) is 59.0 Å². The number of nitrogens with one attached hydrogen (secondary N) is 1. The molecule has 5 heteroatoms. The molecule has 0 bridgehead atoms. The van der Waals surface area contributed by atoms with Crippen LogP contribution in [0.1, 0.15) is 19.8 Å². The first-order chi connectivity index (χ1) is 9.81. The predicted octanol–water partition coefficient (Wildman–Crippen LogP) is 0.986. The van der Waals surface area contributed by atoms with Crippen molar-refractivity contribution in [1.29, 1.82) is 0 Å². The van der Waals surface area contributed by atoms with Crippen molar-refractivity contribution in [2.24, 2.45) is 5.92 Å². The van der Waals surface area contributed by atoms with Crippen LogP contribution in [0.15, 0.2) is 0 Å². The van der Waals surface area contributed by atoms with Gasteiger partial charge in [0.15, 0.2) is 0 Å². The zero-order valence-electron chi connectivity index (χ0n) is 13.4. The minimum absolute atomic E-state index is 0.516. The number of methoxy groups -OCH3 is 2. The molecule has 5 nitrogen and oxygen atoms in total. The number of hydrogen-bond acceptors (Lipinski definition) is 5. The molecular weight excluding hydrogens is 256 g/mol. The highest BCUT2D eigenvalue weighted by molar-refractivity contribution is 4.82. The van der Waals surface area contributed by atoms with E-state index in [0.717, 1.165) is 59.0 Å². The number of hydrogen-bond donors (Lipinski definition) is 1. The summed E-state index contributed by atoms with van der Waals surface area (Å²) in [5, 5.41) is 3.63. The van der Waals surface area contributed by atoms with Gasteiger partial charge in [0.05, 0.1) is 13.2 Å². The van der Waals surface area contributed by atoms with Gasteiger partial charge >= 0.3 is 0 Å². The lowest BCUT2D eigenvalue weighted by atomic mass is 9.98. The van der Waals surface area contributed by atoms with Crippen LogP contribution in [0.5, 0.6) is 0 Å². The van der Waals surface area contributed by atoms with E-state index in [-0.39, 0.29) is 0 Å². The van der Waals surface area contributed by atoms with E-state index in [2.05, 4.69) is 17.1 Å². The molecule has 0 aromatic rings. The maximum absolute atomic E-state index is 5.54. The van der Waals surface area contributed by atoms with E-state index < -0.39 is 0 Å². The van der Waals surface area contributed by atoms with Gasteiger partial charge in [-0.1, -0.05) is 6.92 Å². The van der Waals surface area contributed by atoms with Gasteiger partial charge in [0.2, 0.25) is 0 Å². The Morgan fingerprint density at radius 2 is 2.05 bits per heavy atom. The van der Waals surface area contributed by atoms with Crippen LogP contribution >= 0.6 is 0 Å². The third kappa shape index (κ3) is 6.99. The molecule has 1 fully saturated rings. The van der Waals surface area contributed by atoms with E-state index in [0.29, 0.717) is 12.0 Å². The first-order valence-corrected chi connectivity index (χ1v) is 7.83. The number of rotatable bonds is 12. The summed E-state index contributed by atoms with van der Waals surface area (Å²) in [5.74, 6) is 0.641. The average Bonchev–Trinajstić information content (AvgIpc) is 2.98. The summed E-state index contributed by atoms with van der Waals surface area (Å²) >= 11 is 0. The average molecular weight is 288 g/mol. The monoisotopic (exact) mass is 288 g/mol. The Labute approximate surface area is 123 Å². The van der Waals surface area contributed by atoms with Crippen molar-refractivity contribution in [1.82, 2.24) is 10.2 Å². The first kappa shape index (κ1) is 17.9. The van der Waals surface area contributed by atoms with Crippen molar-refractivity contribution in [2.45, 2.75) is 25.8 Å². The van der Waals surface area contributed by atoms with Gasteiger partial charge < -0.3 is 19.5 Å². The largest absolute Gasteiger partial charge is 0.385 e. The summed E-state index contributed by atoms with van der Waals surface area (Å²) in [7, 11) is 3.52. The number of likely N-dealkylation sites (N-methyl/N-ethyl adjacent to an activating group) is 1. The van der Waals surface area contributed by atoms with Crippen LogP contribution in [0, 0.1) is 5.92 Å². The summed E-state index contributed by atoms with van der Waals surface area (Å²) in [5.41, 5.74) is 0. The Morgan fingerprint density at radius 3 is 2.65 bits per heavy atom. The van der Waals surface area contributed by atoms with E-state index in [9.17, 15) is 0 Å². The lowest BCUT2D eigenvalue weighted by Gasteiger charge is -2.30. The molecule has 1 N–H and O–H groups in total. The highest BCUT2D eigenvalue weighted by Crippen LogP contribution is 2.17. The van der Waals surface area contributed by atoms with Gasteiger partial charge in [-0.15, -0.1) is 0 Å². The molecule has 0 saturated carbocycles. The standard InChI is InChI=1S/C15H32N2O3/c1-4-16-15(14-6-10-20-13-14)12-17(8-11-19-3)7-5-9-18-2/h14-16H,4-13H2,1-3H3. The van der Waals surface area contributed by atoms with Crippen molar-refractivity contribution in [3.05, 3.63) is 0 Å². The lowest BCUT2D eigenvalue weighted by Crippen LogP contribution is -2.47. The van der Waals surface area contributed by atoms with Crippen LogP contribution in [0.2, 0.25) is 0 Å². The Hall–Kier alpha value is -0.200. The zero-order chi connectivity index (χ0) is 14.6. The summed E-state index contributed by atoms with van der Waals surface area (Å²) in [6.45, 7) is 9.71. The van der Waals surface area contributed by atoms with Crippen molar-refractivity contribution < 1.29 is 14.2 Å². The molecule has 0 amide bonds. The molecule has 1 heterocycles. The summed E-state index contributed by atoms with van der Waals surface area (Å²) < 4.78 is 15.9. The maximum Gasteiger partial charge on any atom is 0.0589 e. The van der Waals surface area contributed by atoms with Gasteiger partial charge in [-0.2, -0.15) is 0 Å². The second-order valence-corrected chi connectivity index (χ2v) is 5.43. The quantitative estimate of drug-likeness (QED) is 0.542. The topological polar surface area (TPSA) is 43.0 Å². The second kappa shape index (κ2) is 11.5. The van der Waals surface area contributed by atoms with E-state index in [1.807, 2.05) is 0 Å². The third-order valence-electron chi connectivity index (χ3n) is 3.89. The highest BCUT2D eigenvalue weighted by atomic mass is 16.5. The van der Waals surface area contributed by atoms with E-state index in [1.165, 1.54) is 6.42 Å². The molecule has 20 heavy (non-hydrogen) atoms. The van der Waals surface area contributed by atoms with Crippen molar-refractivity contribution in [3.63, 3.8) is 0 Å². The Kier molecular flexibility index (Phi) is 10.2. The van der Waals surface area contributed by atoms with E-state index in [1.54, 1.807) is 14.2 Å². The summed E-state index contributed by atoms with van der Waals surface area (Å²) in [6, 6.07) is 0.516. The molecule has 0 aromatic heterocycles. The van der Waals surface area contributed by atoms with Gasteiger partial charge in [-0.05, 0) is 19.4 Å². The van der Waals surface area contributed by atoms with Crippen LogP contribution < -0.4 is 5.32 Å². The fourth-order valence-corrected chi connectivity index (χ4v) is 2.74. The van der Waals surface area contributed by atoms with Crippen molar-refractivity contribution >= 4 is 0 Å².